The van der Waals surface area contributed by atoms with Crippen LogP contribution in [0, 0.1) is 10.7 Å². The van der Waals surface area contributed by atoms with Crippen molar-refractivity contribution >= 4 is 23.3 Å². The van der Waals surface area contributed by atoms with Gasteiger partial charge in [-0.15, -0.1) is 0 Å². The Hall–Kier alpha value is -1.29. The first-order valence-electron chi connectivity index (χ1n) is 5.97. The zero-order chi connectivity index (χ0) is 12.4. The molecule has 1 heterocycles. The van der Waals surface area contributed by atoms with Gasteiger partial charge in [-0.05, 0) is 37.2 Å². The molecule has 0 saturated carbocycles. The third-order valence-electron chi connectivity index (χ3n) is 2.62. The van der Waals surface area contributed by atoms with Crippen molar-refractivity contribution in [2.45, 2.75) is 27.3 Å². The molecule has 0 spiro atoms. The van der Waals surface area contributed by atoms with Crippen LogP contribution in [-0.2, 0) is 6.54 Å². The summed E-state index contributed by atoms with van der Waals surface area (Å²) in [6.45, 7) is 7.95. The first-order valence-corrected chi connectivity index (χ1v) is 6.38. The zero-order valence-corrected chi connectivity index (χ0v) is 11.3. The SMILES string of the molecule is CCOc1cccc2c1[nH]c(=S)n2CC(C)C. The van der Waals surface area contributed by atoms with E-state index < -0.39 is 0 Å². The predicted octanol–water partition coefficient (Wildman–Crippen LogP) is 3.75. The second-order valence-electron chi connectivity index (χ2n) is 4.52. The summed E-state index contributed by atoms with van der Waals surface area (Å²) >= 11 is 5.37. The Labute approximate surface area is 106 Å². The molecule has 92 valence electrons. The Kier molecular flexibility index (Phi) is 3.52. The van der Waals surface area contributed by atoms with Crippen molar-refractivity contribution in [2.75, 3.05) is 6.61 Å². The molecule has 0 aliphatic rings. The highest BCUT2D eigenvalue weighted by molar-refractivity contribution is 7.71. The third-order valence-corrected chi connectivity index (χ3v) is 2.94. The van der Waals surface area contributed by atoms with Gasteiger partial charge in [0.15, 0.2) is 4.77 Å². The second kappa shape index (κ2) is 4.92. The molecule has 0 fully saturated rings. The molecule has 1 N–H and O–H groups in total. The summed E-state index contributed by atoms with van der Waals surface area (Å²) in [5, 5.41) is 0. The van der Waals surface area contributed by atoms with Crippen molar-refractivity contribution in [1.82, 2.24) is 9.55 Å². The summed E-state index contributed by atoms with van der Waals surface area (Å²) in [5.41, 5.74) is 2.12. The van der Waals surface area contributed by atoms with Gasteiger partial charge < -0.3 is 14.3 Å². The number of ether oxygens (including phenoxy) is 1. The zero-order valence-electron chi connectivity index (χ0n) is 10.5. The van der Waals surface area contributed by atoms with E-state index in [1.807, 2.05) is 19.1 Å². The number of nitrogens with zero attached hydrogens (tertiary/aromatic N) is 1. The molecule has 0 aliphatic carbocycles. The lowest BCUT2D eigenvalue weighted by Crippen LogP contribution is -2.04. The summed E-state index contributed by atoms with van der Waals surface area (Å²) in [4.78, 5) is 3.24. The van der Waals surface area contributed by atoms with Gasteiger partial charge in [0.1, 0.15) is 11.3 Å². The van der Waals surface area contributed by atoms with E-state index in [9.17, 15) is 0 Å². The lowest BCUT2D eigenvalue weighted by atomic mass is 10.2. The van der Waals surface area contributed by atoms with E-state index in [0.29, 0.717) is 12.5 Å². The van der Waals surface area contributed by atoms with Gasteiger partial charge in [-0.2, -0.15) is 0 Å². The summed E-state index contributed by atoms with van der Waals surface area (Å²) in [6.07, 6.45) is 0. The van der Waals surface area contributed by atoms with Gasteiger partial charge in [0.25, 0.3) is 0 Å². The molecule has 0 unspecified atom stereocenters. The van der Waals surface area contributed by atoms with Gasteiger partial charge in [-0.1, -0.05) is 19.9 Å². The lowest BCUT2D eigenvalue weighted by molar-refractivity contribution is 0.343. The average Bonchev–Trinajstić information content (AvgIpc) is 2.57. The van der Waals surface area contributed by atoms with E-state index in [2.05, 4.69) is 29.5 Å². The molecule has 3 nitrogen and oxygen atoms in total. The van der Waals surface area contributed by atoms with Crippen LogP contribution in [0.1, 0.15) is 20.8 Å². The topological polar surface area (TPSA) is 29.9 Å². The highest BCUT2D eigenvalue weighted by atomic mass is 32.1. The van der Waals surface area contributed by atoms with E-state index in [1.54, 1.807) is 0 Å². The number of nitrogens with one attached hydrogen (secondary N) is 1. The summed E-state index contributed by atoms with van der Waals surface area (Å²) < 4.78 is 8.50. The van der Waals surface area contributed by atoms with Crippen LogP contribution in [0.3, 0.4) is 0 Å². The van der Waals surface area contributed by atoms with Crippen LogP contribution in [0.15, 0.2) is 18.2 Å². The number of imidazole rings is 1. The van der Waals surface area contributed by atoms with Gasteiger partial charge >= 0.3 is 0 Å². The minimum atomic E-state index is 0.566. The van der Waals surface area contributed by atoms with Gasteiger partial charge in [-0.3, -0.25) is 0 Å². The fraction of sp³-hybridized carbons (Fsp3) is 0.462. The first-order chi connectivity index (χ1) is 8.13. The van der Waals surface area contributed by atoms with Crippen molar-refractivity contribution in [1.29, 1.82) is 0 Å². The maximum absolute atomic E-state index is 5.60. The number of hydrogen-bond donors (Lipinski definition) is 1. The molecule has 0 bridgehead atoms. The van der Waals surface area contributed by atoms with Crippen molar-refractivity contribution in [3.63, 3.8) is 0 Å². The van der Waals surface area contributed by atoms with Crippen LogP contribution in [0.2, 0.25) is 0 Å². The largest absolute Gasteiger partial charge is 0.492 e. The monoisotopic (exact) mass is 250 g/mol. The van der Waals surface area contributed by atoms with E-state index >= 15 is 0 Å². The lowest BCUT2D eigenvalue weighted by Gasteiger charge is -2.08. The molecule has 0 saturated heterocycles. The van der Waals surface area contributed by atoms with Crippen molar-refractivity contribution < 1.29 is 4.74 Å². The number of rotatable bonds is 4. The minimum Gasteiger partial charge on any atom is -0.492 e. The third kappa shape index (κ3) is 2.36. The van der Waals surface area contributed by atoms with Crippen LogP contribution in [0.5, 0.6) is 5.75 Å². The van der Waals surface area contributed by atoms with Gasteiger partial charge in [0.05, 0.1) is 12.1 Å². The number of H-pyrrole nitrogens is 1. The smallest absolute Gasteiger partial charge is 0.178 e. The van der Waals surface area contributed by atoms with Crippen LogP contribution >= 0.6 is 12.2 Å². The molecule has 2 rings (SSSR count). The van der Waals surface area contributed by atoms with E-state index in [-0.39, 0.29) is 0 Å². The number of para-hydroxylation sites is 1. The fourth-order valence-corrected chi connectivity index (χ4v) is 2.25. The summed E-state index contributed by atoms with van der Waals surface area (Å²) in [6, 6.07) is 6.05. The minimum absolute atomic E-state index is 0.566. The molecule has 1 aromatic heterocycles. The molecule has 2 aromatic rings. The molecule has 0 aliphatic heterocycles. The predicted molar refractivity (Wildman–Crippen MR) is 73.1 cm³/mol. The molecule has 1 aromatic carbocycles. The number of aromatic amines is 1. The molecule has 4 heteroatoms. The molecule has 17 heavy (non-hydrogen) atoms. The number of hydrogen-bond acceptors (Lipinski definition) is 2. The number of aromatic nitrogens is 2. The van der Waals surface area contributed by atoms with Gasteiger partial charge in [0.2, 0.25) is 0 Å². The number of benzene rings is 1. The molecule has 0 atom stereocenters. The highest BCUT2D eigenvalue weighted by Crippen LogP contribution is 2.25. The van der Waals surface area contributed by atoms with E-state index in [1.165, 1.54) is 0 Å². The van der Waals surface area contributed by atoms with Crippen LogP contribution < -0.4 is 4.74 Å². The van der Waals surface area contributed by atoms with Gasteiger partial charge in [0, 0.05) is 6.54 Å². The van der Waals surface area contributed by atoms with Crippen molar-refractivity contribution in [3.8, 4) is 5.75 Å². The normalized spacial score (nSPS) is 11.3. The Balaban J connectivity index is 2.59. The Morgan fingerprint density at radius 3 is 2.82 bits per heavy atom. The summed E-state index contributed by atoms with van der Waals surface area (Å²) in [5.74, 6) is 1.44. The van der Waals surface area contributed by atoms with E-state index in [4.69, 9.17) is 17.0 Å². The molecule has 0 radical (unpaired) electrons. The quantitative estimate of drug-likeness (QED) is 0.837. The fourth-order valence-electron chi connectivity index (χ4n) is 1.98. The van der Waals surface area contributed by atoms with Crippen LogP contribution in [-0.4, -0.2) is 16.2 Å². The van der Waals surface area contributed by atoms with Crippen molar-refractivity contribution in [3.05, 3.63) is 23.0 Å². The maximum atomic E-state index is 5.60. The maximum Gasteiger partial charge on any atom is 0.178 e. The first kappa shape index (κ1) is 12.2. The number of fused-ring (bicyclic) bond motifs is 1. The second-order valence-corrected chi connectivity index (χ2v) is 4.90. The van der Waals surface area contributed by atoms with Crippen LogP contribution in [0.4, 0.5) is 0 Å². The summed E-state index contributed by atoms with van der Waals surface area (Å²) in [7, 11) is 0. The Bertz CT molecular complexity index is 568. The molecule has 0 amide bonds. The Morgan fingerprint density at radius 2 is 2.18 bits per heavy atom. The molecular weight excluding hydrogens is 232 g/mol. The van der Waals surface area contributed by atoms with Gasteiger partial charge in [-0.25, -0.2) is 0 Å². The van der Waals surface area contributed by atoms with Crippen LogP contribution in [0.25, 0.3) is 11.0 Å². The van der Waals surface area contributed by atoms with Crippen molar-refractivity contribution in [2.24, 2.45) is 5.92 Å². The Morgan fingerprint density at radius 1 is 1.41 bits per heavy atom. The highest BCUT2D eigenvalue weighted by Gasteiger charge is 2.09. The molecular formula is C13H18N2OS. The standard InChI is InChI=1S/C13H18N2OS/c1-4-16-11-7-5-6-10-12(11)14-13(17)15(10)8-9(2)3/h5-7,9H,4,8H2,1-3H3,(H,14,17). The average molecular weight is 250 g/mol. The van der Waals surface area contributed by atoms with E-state index in [0.717, 1.165) is 28.1 Å².